The Morgan fingerprint density at radius 1 is 1.27 bits per heavy atom. The number of nitrogens with one attached hydrogen (secondary N) is 1. The number of likely N-dealkylation sites (N-methyl/N-ethyl adjacent to an activating group) is 1. The molecule has 1 saturated heterocycles. The van der Waals surface area contributed by atoms with Gasteiger partial charge < -0.3 is 10.2 Å². The maximum absolute atomic E-state index is 12.2. The van der Waals surface area contributed by atoms with Crippen molar-refractivity contribution in [2.75, 3.05) is 13.6 Å². The monoisotopic (exact) mass is 208 g/mol. The molecule has 3 atom stereocenters. The molecule has 3 heteroatoms. The number of rotatable bonds is 2. The van der Waals surface area contributed by atoms with Crippen LogP contribution in [0.2, 0.25) is 0 Å². The molecular formula is C12H20N2O. The van der Waals surface area contributed by atoms with Gasteiger partial charge in [0.15, 0.2) is 0 Å². The topological polar surface area (TPSA) is 32.3 Å². The van der Waals surface area contributed by atoms with Gasteiger partial charge in [-0.05, 0) is 44.1 Å². The summed E-state index contributed by atoms with van der Waals surface area (Å²) < 4.78 is 0. The Balaban J connectivity index is 1.68. The Bertz CT molecular complexity index is 275. The molecule has 0 bridgehead atoms. The molecule has 2 saturated carbocycles. The Kier molecular flexibility index (Phi) is 2.23. The van der Waals surface area contributed by atoms with E-state index in [1.54, 1.807) is 0 Å². The van der Waals surface area contributed by atoms with E-state index in [0.717, 1.165) is 12.5 Å². The number of amides is 1. The van der Waals surface area contributed by atoms with Gasteiger partial charge in [-0.2, -0.15) is 0 Å². The lowest BCUT2D eigenvalue weighted by molar-refractivity contribution is -0.133. The van der Waals surface area contributed by atoms with Crippen molar-refractivity contribution in [3.05, 3.63) is 0 Å². The predicted molar refractivity (Wildman–Crippen MR) is 58.4 cm³/mol. The highest BCUT2D eigenvalue weighted by molar-refractivity contribution is 5.83. The first kappa shape index (κ1) is 9.64. The van der Waals surface area contributed by atoms with Crippen LogP contribution < -0.4 is 5.32 Å². The smallest absolute Gasteiger partial charge is 0.239 e. The molecule has 3 unspecified atom stereocenters. The van der Waals surface area contributed by atoms with Crippen molar-refractivity contribution in [2.24, 2.45) is 11.8 Å². The highest BCUT2D eigenvalue weighted by Gasteiger charge is 2.44. The van der Waals surface area contributed by atoms with Crippen molar-refractivity contribution in [1.82, 2.24) is 10.2 Å². The third-order valence-electron chi connectivity index (χ3n) is 4.45. The fraction of sp³-hybridized carbons (Fsp3) is 0.917. The van der Waals surface area contributed by atoms with Crippen LogP contribution in [0.5, 0.6) is 0 Å². The van der Waals surface area contributed by atoms with Crippen LogP contribution in [0.25, 0.3) is 0 Å². The fourth-order valence-electron chi connectivity index (χ4n) is 3.32. The lowest BCUT2D eigenvalue weighted by atomic mass is 9.93. The van der Waals surface area contributed by atoms with Crippen molar-refractivity contribution in [2.45, 2.75) is 44.2 Å². The maximum Gasteiger partial charge on any atom is 0.239 e. The van der Waals surface area contributed by atoms with Gasteiger partial charge in [0.1, 0.15) is 0 Å². The normalized spacial score (nSPS) is 39.1. The van der Waals surface area contributed by atoms with Crippen LogP contribution in [0.1, 0.15) is 32.1 Å². The second kappa shape index (κ2) is 3.48. The number of carbonyl (C=O) groups excluding carboxylic acids is 1. The molecular weight excluding hydrogens is 188 g/mol. The molecule has 3 fully saturated rings. The van der Waals surface area contributed by atoms with Crippen LogP contribution in [0.15, 0.2) is 0 Å². The Morgan fingerprint density at radius 2 is 2.07 bits per heavy atom. The van der Waals surface area contributed by atoms with Gasteiger partial charge in [0, 0.05) is 13.1 Å². The molecule has 1 amide bonds. The summed E-state index contributed by atoms with van der Waals surface area (Å²) in [6, 6.07) is 0.697. The average Bonchev–Trinajstić information content (AvgIpc) is 2.84. The standard InChI is InChI=1S/C12H20N2O/c1-14(9-5-6-9)12(15)11-10-4-2-3-8(10)7-13-11/h8-11,13H,2-7H2,1H3. The minimum Gasteiger partial charge on any atom is -0.341 e. The van der Waals surface area contributed by atoms with E-state index in [1.165, 1.54) is 32.1 Å². The zero-order valence-electron chi connectivity index (χ0n) is 9.41. The quantitative estimate of drug-likeness (QED) is 0.734. The van der Waals surface area contributed by atoms with Gasteiger partial charge >= 0.3 is 0 Å². The Labute approximate surface area is 91.2 Å². The van der Waals surface area contributed by atoms with Crippen molar-refractivity contribution in [3.63, 3.8) is 0 Å². The average molecular weight is 208 g/mol. The summed E-state index contributed by atoms with van der Waals surface area (Å²) in [4.78, 5) is 14.2. The van der Waals surface area contributed by atoms with Gasteiger partial charge in [0.05, 0.1) is 6.04 Å². The first-order chi connectivity index (χ1) is 7.27. The van der Waals surface area contributed by atoms with Gasteiger partial charge in [-0.1, -0.05) is 6.42 Å². The molecule has 84 valence electrons. The van der Waals surface area contributed by atoms with E-state index in [2.05, 4.69) is 5.32 Å². The van der Waals surface area contributed by atoms with Gasteiger partial charge in [0.2, 0.25) is 5.91 Å². The van der Waals surface area contributed by atoms with Crippen molar-refractivity contribution in [3.8, 4) is 0 Å². The van der Waals surface area contributed by atoms with Crippen LogP contribution in [0, 0.1) is 11.8 Å². The first-order valence-corrected chi connectivity index (χ1v) is 6.27. The molecule has 0 aromatic rings. The van der Waals surface area contributed by atoms with Crippen LogP contribution >= 0.6 is 0 Å². The van der Waals surface area contributed by atoms with Crippen molar-refractivity contribution < 1.29 is 4.79 Å². The van der Waals surface area contributed by atoms with E-state index in [4.69, 9.17) is 0 Å². The van der Waals surface area contributed by atoms with E-state index >= 15 is 0 Å². The lowest BCUT2D eigenvalue weighted by Crippen LogP contribution is -2.45. The Hall–Kier alpha value is -0.570. The first-order valence-electron chi connectivity index (χ1n) is 6.27. The predicted octanol–water partition coefficient (Wildman–Crippen LogP) is 0.995. The molecule has 1 heterocycles. The number of fused-ring (bicyclic) bond motifs is 1. The molecule has 0 radical (unpaired) electrons. The number of nitrogens with zero attached hydrogens (tertiary/aromatic N) is 1. The van der Waals surface area contributed by atoms with E-state index in [-0.39, 0.29) is 6.04 Å². The molecule has 0 spiro atoms. The van der Waals surface area contributed by atoms with Gasteiger partial charge in [-0.15, -0.1) is 0 Å². The Morgan fingerprint density at radius 3 is 2.80 bits per heavy atom. The zero-order chi connectivity index (χ0) is 10.4. The second-order valence-electron chi connectivity index (χ2n) is 5.42. The van der Waals surface area contributed by atoms with Gasteiger partial charge in [0.25, 0.3) is 0 Å². The minimum atomic E-state index is 0.142. The zero-order valence-corrected chi connectivity index (χ0v) is 9.41. The summed E-state index contributed by atoms with van der Waals surface area (Å²) in [5.41, 5.74) is 0. The molecule has 2 aliphatic carbocycles. The molecule has 3 aliphatic rings. The van der Waals surface area contributed by atoms with Crippen LogP contribution in [0.3, 0.4) is 0 Å². The summed E-state index contributed by atoms with van der Waals surface area (Å²) >= 11 is 0. The third-order valence-corrected chi connectivity index (χ3v) is 4.45. The molecule has 3 rings (SSSR count). The molecule has 0 aromatic carbocycles. The molecule has 3 nitrogen and oxygen atoms in total. The second-order valence-corrected chi connectivity index (χ2v) is 5.42. The molecule has 15 heavy (non-hydrogen) atoms. The van der Waals surface area contributed by atoms with Gasteiger partial charge in [-0.3, -0.25) is 4.79 Å². The molecule has 1 aliphatic heterocycles. The van der Waals surface area contributed by atoms with Crippen molar-refractivity contribution in [1.29, 1.82) is 0 Å². The largest absolute Gasteiger partial charge is 0.341 e. The number of hydrogen-bond acceptors (Lipinski definition) is 2. The fourth-order valence-corrected chi connectivity index (χ4v) is 3.32. The van der Waals surface area contributed by atoms with E-state index in [0.29, 0.717) is 17.9 Å². The van der Waals surface area contributed by atoms with Crippen molar-refractivity contribution >= 4 is 5.91 Å². The summed E-state index contributed by atoms with van der Waals surface area (Å²) in [5, 5.41) is 3.43. The van der Waals surface area contributed by atoms with E-state index in [9.17, 15) is 4.79 Å². The van der Waals surface area contributed by atoms with E-state index in [1.807, 2.05) is 11.9 Å². The lowest BCUT2D eigenvalue weighted by Gasteiger charge is -2.24. The summed E-state index contributed by atoms with van der Waals surface area (Å²) in [6.45, 7) is 1.07. The highest BCUT2D eigenvalue weighted by atomic mass is 16.2. The number of carbonyl (C=O) groups is 1. The minimum absolute atomic E-state index is 0.142. The summed E-state index contributed by atoms with van der Waals surface area (Å²) in [5.74, 6) is 1.78. The van der Waals surface area contributed by atoms with Crippen LogP contribution in [0.4, 0.5) is 0 Å². The van der Waals surface area contributed by atoms with Crippen LogP contribution in [-0.4, -0.2) is 36.5 Å². The SMILES string of the molecule is CN(C(=O)C1NCC2CCCC21)C1CC1. The maximum atomic E-state index is 12.2. The van der Waals surface area contributed by atoms with Crippen LogP contribution in [-0.2, 0) is 4.79 Å². The number of hydrogen-bond donors (Lipinski definition) is 1. The third kappa shape index (κ3) is 1.57. The molecule has 0 aromatic heterocycles. The highest BCUT2D eigenvalue weighted by Crippen LogP contribution is 2.39. The van der Waals surface area contributed by atoms with Gasteiger partial charge in [-0.25, -0.2) is 0 Å². The van der Waals surface area contributed by atoms with E-state index < -0.39 is 0 Å². The summed E-state index contributed by atoms with van der Waals surface area (Å²) in [7, 11) is 1.98. The molecule has 1 N–H and O–H groups in total. The summed E-state index contributed by atoms with van der Waals surface area (Å²) in [6.07, 6.45) is 6.33.